The minimum atomic E-state index is -5.12. The van der Waals surface area contributed by atoms with Crippen molar-refractivity contribution in [2.24, 2.45) is 0 Å². The minimum Gasteiger partial charge on any atom is -0.490 e. The fourth-order valence-electron chi connectivity index (χ4n) is 3.96. The summed E-state index contributed by atoms with van der Waals surface area (Å²) in [5, 5.41) is 31.5. The number of nitro groups is 2. The molecule has 1 heterocycles. The molecule has 0 bridgehead atoms. The summed E-state index contributed by atoms with van der Waals surface area (Å²) in [6.45, 7) is 1.49. The zero-order valence-electron chi connectivity index (χ0n) is 21.6. The van der Waals surface area contributed by atoms with Crippen molar-refractivity contribution < 1.29 is 41.9 Å². The summed E-state index contributed by atoms with van der Waals surface area (Å²) in [6, 6.07) is 12.5. The highest BCUT2D eigenvalue weighted by Crippen LogP contribution is 2.35. The second-order valence-corrected chi connectivity index (χ2v) is 9.87. The summed E-state index contributed by atoms with van der Waals surface area (Å²) in [6.07, 6.45) is -0.137. The lowest BCUT2D eigenvalue weighted by Gasteiger charge is -2.10. The van der Waals surface area contributed by atoms with Gasteiger partial charge in [0.25, 0.3) is 10.1 Å². The molecular weight excluding hydrogens is 564 g/mol. The number of tetrazole rings is 1. The van der Waals surface area contributed by atoms with E-state index >= 15 is 0 Å². The van der Waals surface area contributed by atoms with Crippen LogP contribution in [-0.2, 0) is 16.5 Å². The highest BCUT2D eigenvalue weighted by Gasteiger charge is 2.35. The van der Waals surface area contributed by atoms with Gasteiger partial charge in [0.15, 0.2) is 17.1 Å². The number of hydrogen-bond acceptors (Lipinski definition) is 11. The van der Waals surface area contributed by atoms with Crippen molar-refractivity contribution >= 4 is 27.3 Å². The Bertz CT molecular complexity index is 1810. The lowest BCUT2D eigenvalue weighted by atomic mass is 10.1. The molecule has 0 amide bonds. The predicted molar refractivity (Wildman–Crippen MR) is 138 cm³/mol. The monoisotopic (exact) mass is 585 g/mol. The van der Waals surface area contributed by atoms with E-state index in [1.54, 1.807) is 30.3 Å². The second kappa shape index (κ2) is 11.1. The lowest BCUT2D eigenvalue weighted by molar-refractivity contribution is -0.735. The number of ether oxygens (including phenoxy) is 2. The number of aromatic nitrogens is 4. The largest absolute Gasteiger partial charge is 0.490 e. The standard InChI is InChI=1S/C24H20N6O10S/c1-14-9-17(29(32)33)21(39-2)11-16(14)27-25-24(20(31)10-15-7-5-4-6-8-15)26-28(27)19-12-22(40-3)18(30(34)35)13-23(19)41(36,37)38/h4-9,11-13H,10H2,1-3H3/p+1. The van der Waals surface area contributed by atoms with Crippen molar-refractivity contribution in [3.63, 3.8) is 0 Å². The summed E-state index contributed by atoms with van der Waals surface area (Å²) in [5.74, 6) is -1.57. The Kier molecular flexibility index (Phi) is 7.75. The van der Waals surface area contributed by atoms with Crippen molar-refractivity contribution in [1.82, 2.24) is 15.0 Å². The Morgan fingerprint density at radius 3 is 2.15 bits per heavy atom. The molecule has 16 nitrogen and oxygen atoms in total. The predicted octanol–water partition coefficient (Wildman–Crippen LogP) is 2.36. The van der Waals surface area contributed by atoms with Gasteiger partial charge in [-0.15, -0.1) is 0 Å². The number of carbonyl (C=O) groups is 1. The van der Waals surface area contributed by atoms with Gasteiger partial charge in [0.2, 0.25) is 11.5 Å². The van der Waals surface area contributed by atoms with Crippen LogP contribution in [0.2, 0.25) is 0 Å². The van der Waals surface area contributed by atoms with Crippen molar-refractivity contribution in [2.75, 3.05) is 14.2 Å². The summed E-state index contributed by atoms with van der Waals surface area (Å²) < 4.78 is 45.0. The van der Waals surface area contributed by atoms with Gasteiger partial charge in [-0.05, 0) is 22.4 Å². The quantitative estimate of drug-likeness (QED) is 0.0934. The van der Waals surface area contributed by atoms with Gasteiger partial charge >= 0.3 is 17.2 Å². The second-order valence-electron chi connectivity index (χ2n) is 8.48. The van der Waals surface area contributed by atoms with Crippen molar-refractivity contribution in [3.8, 4) is 22.9 Å². The smallest absolute Gasteiger partial charge is 0.375 e. The van der Waals surface area contributed by atoms with Crippen LogP contribution in [0, 0.1) is 27.2 Å². The van der Waals surface area contributed by atoms with Crippen molar-refractivity contribution in [3.05, 3.63) is 91.8 Å². The maximum atomic E-state index is 13.2. The third-order valence-electron chi connectivity index (χ3n) is 5.88. The molecule has 0 aliphatic carbocycles. The third kappa shape index (κ3) is 5.70. The average Bonchev–Trinajstić information content (AvgIpc) is 3.37. The van der Waals surface area contributed by atoms with Gasteiger partial charge in [-0.3, -0.25) is 29.6 Å². The van der Waals surface area contributed by atoms with Gasteiger partial charge in [0.1, 0.15) is 4.90 Å². The molecule has 4 rings (SSSR count). The van der Waals surface area contributed by atoms with E-state index in [9.17, 15) is 38.0 Å². The first-order valence-corrected chi connectivity index (χ1v) is 12.9. The van der Waals surface area contributed by atoms with Crippen LogP contribution in [0.15, 0.2) is 59.5 Å². The number of aryl methyl sites for hydroxylation is 1. The number of nitrogens with zero attached hydrogens (tertiary/aromatic N) is 6. The number of rotatable bonds is 10. The molecule has 41 heavy (non-hydrogen) atoms. The Morgan fingerprint density at radius 1 is 1.00 bits per heavy atom. The van der Waals surface area contributed by atoms with E-state index in [0.29, 0.717) is 11.6 Å². The molecule has 0 fully saturated rings. The molecule has 0 aliphatic rings. The van der Waals surface area contributed by atoms with E-state index in [0.717, 1.165) is 22.8 Å². The molecular formula is C24H21N6O10S+. The van der Waals surface area contributed by atoms with E-state index in [2.05, 4.69) is 10.2 Å². The number of Topliss-reactive ketones (excluding diaryl/α,β-unsaturated/α-hetero) is 1. The van der Waals surface area contributed by atoms with Crippen molar-refractivity contribution in [1.29, 1.82) is 0 Å². The summed E-state index contributed by atoms with van der Waals surface area (Å²) in [7, 11) is -2.82. The van der Waals surface area contributed by atoms with Gasteiger partial charge in [0, 0.05) is 41.0 Å². The lowest BCUT2D eigenvalue weighted by Crippen LogP contribution is -2.44. The maximum absolute atomic E-state index is 13.2. The molecule has 0 radical (unpaired) electrons. The molecule has 3 aromatic carbocycles. The average molecular weight is 586 g/mol. The zero-order chi connectivity index (χ0) is 30.1. The Labute approximate surface area is 231 Å². The molecule has 17 heteroatoms. The zero-order valence-corrected chi connectivity index (χ0v) is 22.4. The molecule has 0 aliphatic heterocycles. The van der Waals surface area contributed by atoms with Gasteiger partial charge in [-0.1, -0.05) is 30.3 Å². The van der Waals surface area contributed by atoms with Gasteiger partial charge < -0.3 is 9.47 Å². The topological polar surface area (TPSA) is 211 Å². The molecule has 0 saturated carbocycles. The first kappa shape index (κ1) is 28.7. The highest BCUT2D eigenvalue weighted by molar-refractivity contribution is 7.86. The van der Waals surface area contributed by atoms with Crippen LogP contribution in [0.5, 0.6) is 11.5 Å². The number of nitro benzene ring substituents is 2. The first-order valence-electron chi connectivity index (χ1n) is 11.5. The van der Waals surface area contributed by atoms with E-state index in [4.69, 9.17) is 9.47 Å². The van der Waals surface area contributed by atoms with E-state index in [1.807, 2.05) is 0 Å². The summed E-state index contributed by atoms with van der Waals surface area (Å²) in [5.41, 5.74) is -0.694. The fourth-order valence-corrected chi connectivity index (χ4v) is 4.62. The van der Waals surface area contributed by atoms with E-state index in [1.165, 1.54) is 26.2 Å². The Hall–Kier alpha value is -5.29. The molecule has 0 atom stereocenters. The van der Waals surface area contributed by atoms with Crippen LogP contribution in [0.3, 0.4) is 0 Å². The molecule has 4 aromatic rings. The third-order valence-corrected chi connectivity index (χ3v) is 6.76. The van der Waals surface area contributed by atoms with Gasteiger partial charge in [-0.2, -0.15) is 8.42 Å². The molecule has 0 spiro atoms. The van der Waals surface area contributed by atoms with E-state index in [-0.39, 0.29) is 29.1 Å². The Morgan fingerprint density at radius 2 is 1.59 bits per heavy atom. The van der Waals surface area contributed by atoms with Gasteiger partial charge in [0.05, 0.1) is 29.2 Å². The molecule has 1 N–H and O–H groups in total. The molecule has 1 aromatic heterocycles. The van der Waals surface area contributed by atoms with Crippen molar-refractivity contribution in [2.45, 2.75) is 18.2 Å². The normalized spacial score (nSPS) is 11.2. The number of carbonyl (C=O) groups excluding carboxylic acids is 1. The van der Waals surface area contributed by atoms with Crippen LogP contribution < -0.4 is 14.3 Å². The van der Waals surface area contributed by atoms with Crippen LogP contribution in [-0.4, -0.2) is 57.8 Å². The van der Waals surface area contributed by atoms with Gasteiger partial charge in [-0.25, -0.2) is 0 Å². The summed E-state index contributed by atoms with van der Waals surface area (Å²) >= 11 is 0. The van der Waals surface area contributed by atoms with Crippen LogP contribution in [0.1, 0.15) is 21.7 Å². The van der Waals surface area contributed by atoms with Crippen LogP contribution >= 0.6 is 0 Å². The molecule has 212 valence electrons. The SMILES string of the molecule is COc1cc(-[n+]2nc(C(=O)Cc3ccccc3)nn2-c2cc(OC)c([N+](=O)[O-])cc2S(=O)(=O)O)c(C)cc1[N+](=O)[O-]. The number of methoxy groups -OCH3 is 2. The number of benzene rings is 3. The maximum Gasteiger partial charge on any atom is 0.375 e. The minimum absolute atomic E-state index is 0.0670. The fraction of sp³-hybridized carbons (Fsp3) is 0.167. The molecule has 0 saturated heterocycles. The summed E-state index contributed by atoms with van der Waals surface area (Å²) in [4.78, 5) is 35.5. The van der Waals surface area contributed by atoms with E-state index < -0.39 is 53.6 Å². The number of ketones is 1. The van der Waals surface area contributed by atoms with Crippen LogP contribution in [0.25, 0.3) is 11.4 Å². The van der Waals surface area contributed by atoms with Crippen LogP contribution in [0.4, 0.5) is 11.4 Å². The molecule has 0 unspecified atom stereocenters. The highest BCUT2D eigenvalue weighted by atomic mass is 32.2. The Balaban J connectivity index is 2.05. The first-order chi connectivity index (χ1) is 19.3. The number of hydrogen-bond donors (Lipinski definition) is 1.